The van der Waals surface area contributed by atoms with E-state index in [0.717, 1.165) is 5.56 Å². The van der Waals surface area contributed by atoms with Gasteiger partial charge in [0.2, 0.25) is 5.91 Å². The lowest BCUT2D eigenvalue weighted by atomic mass is 9.94. The first-order valence-electron chi connectivity index (χ1n) is 5.58. The van der Waals surface area contributed by atoms with Crippen molar-refractivity contribution in [1.82, 2.24) is 5.32 Å². The third kappa shape index (κ3) is 3.32. The Morgan fingerprint density at radius 2 is 2.19 bits per heavy atom. The van der Waals surface area contributed by atoms with E-state index in [1.54, 1.807) is 11.3 Å². The minimum atomic E-state index is -0.0962. The van der Waals surface area contributed by atoms with Gasteiger partial charge in [0.25, 0.3) is 0 Å². The standard InChI is InChI=1S/C12H20N2OS/c1-8(2)11(6-13)12(15)14-9(3)10-4-5-16-7-10/h4-5,7-9,11H,6,13H2,1-3H3,(H,14,15). The Hall–Kier alpha value is -0.870. The first-order valence-corrected chi connectivity index (χ1v) is 6.53. The van der Waals surface area contributed by atoms with Gasteiger partial charge in [-0.3, -0.25) is 4.79 Å². The Kier molecular flexibility index (Phi) is 4.96. The van der Waals surface area contributed by atoms with E-state index in [-0.39, 0.29) is 23.8 Å². The van der Waals surface area contributed by atoms with E-state index in [0.29, 0.717) is 6.54 Å². The summed E-state index contributed by atoms with van der Waals surface area (Å²) in [6.07, 6.45) is 0. The molecule has 0 spiro atoms. The highest BCUT2D eigenvalue weighted by Gasteiger charge is 2.22. The van der Waals surface area contributed by atoms with Crippen molar-refractivity contribution in [2.45, 2.75) is 26.8 Å². The second kappa shape index (κ2) is 6.01. The van der Waals surface area contributed by atoms with Crippen LogP contribution in [-0.2, 0) is 4.79 Å². The molecule has 0 aliphatic carbocycles. The van der Waals surface area contributed by atoms with Crippen LogP contribution in [0.25, 0.3) is 0 Å². The zero-order valence-electron chi connectivity index (χ0n) is 10.1. The largest absolute Gasteiger partial charge is 0.349 e. The Morgan fingerprint density at radius 3 is 2.62 bits per heavy atom. The molecule has 3 nitrogen and oxygen atoms in total. The third-order valence-electron chi connectivity index (χ3n) is 2.80. The van der Waals surface area contributed by atoms with E-state index in [1.807, 2.05) is 32.2 Å². The molecule has 0 radical (unpaired) electrons. The number of nitrogens with two attached hydrogens (primary N) is 1. The molecule has 0 saturated heterocycles. The second-order valence-corrected chi connectivity index (χ2v) is 5.15. The van der Waals surface area contributed by atoms with Crippen molar-refractivity contribution in [3.63, 3.8) is 0 Å². The number of hydrogen-bond donors (Lipinski definition) is 2. The molecule has 2 unspecified atom stereocenters. The van der Waals surface area contributed by atoms with Gasteiger partial charge in [0, 0.05) is 6.54 Å². The fourth-order valence-corrected chi connectivity index (χ4v) is 2.36. The van der Waals surface area contributed by atoms with Gasteiger partial charge in [0.15, 0.2) is 0 Å². The molecule has 0 fully saturated rings. The van der Waals surface area contributed by atoms with Gasteiger partial charge in [0.05, 0.1) is 12.0 Å². The Morgan fingerprint density at radius 1 is 1.50 bits per heavy atom. The molecule has 1 aromatic heterocycles. The lowest BCUT2D eigenvalue weighted by Gasteiger charge is -2.21. The van der Waals surface area contributed by atoms with Crippen LogP contribution in [0, 0.1) is 11.8 Å². The summed E-state index contributed by atoms with van der Waals surface area (Å²) in [4.78, 5) is 11.9. The van der Waals surface area contributed by atoms with E-state index < -0.39 is 0 Å². The van der Waals surface area contributed by atoms with Crippen molar-refractivity contribution >= 4 is 17.2 Å². The minimum absolute atomic E-state index is 0.0520. The summed E-state index contributed by atoms with van der Waals surface area (Å²) in [6.45, 7) is 6.44. The van der Waals surface area contributed by atoms with Crippen LogP contribution in [0.4, 0.5) is 0 Å². The van der Waals surface area contributed by atoms with Gasteiger partial charge < -0.3 is 11.1 Å². The van der Waals surface area contributed by atoms with E-state index in [1.165, 1.54) is 0 Å². The molecule has 3 N–H and O–H groups in total. The Labute approximate surface area is 101 Å². The molecule has 1 amide bonds. The van der Waals surface area contributed by atoms with Gasteiger partial charge >= 0.3 is 0 Å². The SMILES string of the molecule is CC(NC(=O)C(CN)C(C)C)c1ccsc1. The number of thiophene rings is 1. The molecule has 4 heteroatoms. The summed E-state index contributed by atoms with van der Waals surface area (Å²) in [6, 6.07) is 2.09. The maximum atomic E-state index is 11.9. The zero-order valence-corrected chi connectivity index (χ0v) is 10.9. The smallest absolute Gasteiger partial charge is 0.225 e. The maximum Gasteiger partial charge on any atom is 0.225 e. The van der Waals surface area contributed by atoms with Crippen LogP contribution in [0.2, 0.25) is 0 Å². The average molecular weight is 240 g/mol. The highest BCUT2D eigenvalue weighted by molar-refractivity contribution is 7.07. The Balaban J connectivity index is 2.57. The fourth-order valence-electron chi connectivity index (χ4n) is 1.61. The van der Waals surface area contributed by atoms with Crippen LogP contribution in [0.1, 0.15) is 32.4 Å². The summed E-state index contributed by atoms with van der Waals surface area (Å²) in [7, 11) is 0. The molecule has 1 heterocycles. The molecule has 16 heavy (non-hydrogen) atoms. The van der Waals surface area contributed by atoms with Crippen LogP contribution in [-0.4, -0.2) is 12.5 Å². The first kappa shape index (κ1) is 13.2. The molecule has 1 rings (SSSR count). The average Bonchev–Trinajstić information content (AvgIpc) is 2.70. The molecule has 0 aliphatic heterocycles. The fraction of sp³-hybridized carbons (Fsp3) is 0.583. The highest BCUT2D eigenvalue weighted by Crippen LogP contribution is 2.17. The first-order chi connectivity index (χ1) is 7.56. The van der Waals surface area contributed by atoms with Crippen LogP contribution in [0.3, 0.4) is 0 Å². The predicted molar refractivity (Wildman–Crippen MR) is 68.3 cm³/mol. The van der Waals surface area contributed by atoms with E-state index in [9.17, 15) is 4.79 Å². The van der Waals surface area contributed by atoms with Crippen molar-refractivity contribution in [1.29, 1.82) is 0 Å². The monoisotopic (exact) mass is 240 g/mol. The number of amides is 1. The van der Waals surface area contributed by atoms with Crippen LogP contribution in [0.15, 0.2) is 16.8 Å². The molecule has 90 valence electrons. The summed E-state index contributed by atoms with van der Waals surface area (Å²) >= 11 is 1.64. The molecule has 1 aromatic rings. The number of carbonyl (C=O) groups is 1. The predicted octanol–water partition coefficient (Wildman–Crippen LogP) is 2.16. The summed E-state index contributed by atoms with van der Waals surface area (Å²) in [5.41, 5.74) is 6.76. The van der Waals surface area contributed by atoms with Gasteiger partial charge in [-0.1, -0.05) is 13.8 Å². The minimum Gasteiger partial charge on any atom is -0.349 e. The summed E-state index contributed by atoms with van der Waals surface area (Å²) < 4.78 is 0. The van der Waals surface area contributed by atoms with Crippen LogP contribution in [0.5, 0.6) is 0 Å². The summed E-state index contributed by atoms with van der Waals surface area (Å²) in [5, 5.41) is 7.07. The van der Waals surface area contributed by atoms with Gasteiger partial charge in [-0.25, -0.2) is 0 Å². The third-order valence-corrected chi connectivity index (χ3v) is 3.50. The molecular formula is C12H20N2OS. The molecular weight excluding hydrogens is 220 g/mol. The highest BCUT2D eigenvalue weighted by atomic mass is 32.1. The van der Waals surface area contributed by atoms with Crippen molar-refractivity contribution in [3.05, 3.63) is 22.4 Å². The number of rotatable bonds is 5. The zero-order chi connectivity index (χ0) is 12.1. The van der Waals surface area contributed by atoms with Crippen LogP contribution >= 0.6 is 11.3 Å². The quantitative estimate of drug-likeness (QED) is 0.828. The van der Waals surface area contributed by atoms with E-state index in [2.05, 4.69) is 10.7 Å². The molecule has 2 atom stereocenters. The van der Waals surface area contributed by atoms with Gasteiger partial charge in [-0.2, -0.15) is 11.3 Å². The van der Waals surface area contributed by atoms with Crippen LogP contribution < -0.4 is 11.1 Å². The summed E-state index contributed by atoms with van der Waals surface area (Å²) in [5.74, 6) is 0.233. The molecule has 0 bridgehead atoms. The lowest BCUT2D eigenvalue weighted by Crippen LogP contribution is -2.39. The van der Waals surface area contributed by atoms with Crippen molar-refractivity contribution < 1.29 is 4.79 Å². The molecule has 0 aliphatic rings. The van der Waals surface area contributed by atoms with Crippen molar-refractivity contribution in [3.8, 4) is 0 Å². The second-order valence-electron chi connectivity index (χ2n) is 4.37. The Bertz CT molecular complexity index is 322. The molecule has 0 aromatic carbocycles. The number of hydrogen-bond acceptors (Lipinski definition) is 3. The van der Waals surface area contributed by atoms with Gasteiger partial charge in [-0.05, 0) is 35.2 Å². The van der Waals surface area contributed by atoms with Crippen molar-refractivity contribution in [2.24, 2.45) is 17.6 Å². The van der Waals surface area contributed by atoms with Crippen molar-refractivity contribution in [2.75, 3.05) is 6.54 Å². The maximum absolute atomic E-state index is 11.9. The van der Waals surface area contributed by atoms with Gasteiger partial charge in [-0.15, -0.1) is 0 Å². The van der Waals surface area contributed by atoms with E-state index in [4.69, 9.17) is 5.73 Å². The number of nitrogens with one attached hydrogen (secondary N) is 1. The van der Waals surface area contributed by atoms with Gasteiger partial charge in [0.1, 0.15) is 0 Å². The van der Waals surface area contributed by atoms with E-state index >= 15 is 0 Å². The topological polar surface area (TPSA) is 55.1 Å². The number of carbonyl (C=O) groups excluding carboxylic acids is 1. The molecule has 0 saturated carbocycles. The normalized spacial score (nSPS) is 14.8. The lowest BCUT2D eigenvalue weighted by molar-refractivity contribution is -0.126.